The normalized spacial score (nSPS) is 10.4. The minimum Gasteiger partial charge on any atom is -0.321 e. The van der Waals surface area contributed by atoms with Crippen molar-refractivity contribution < 1.29 is 4.79 Å². The zero-order valence-electron chi connectivity index (χ0n) is 9.08. The van der Waals surface area contributed by atoms with Crippen LogP contribution in [0.5, 0.6) is 0 Å². The quantitative estimate of drug-likeness (QED) is 0.814. The highest BCUT2D eigenvalue weighted by atomic mass is 16.1. The summed E-state index contributed by atoms with van der Waals surface area (Å²) in [4.78, 5) is 19.4. The third-order valence-corrected chi connectivity index (χ3v) is 2.04. The van der Waals surface area contributed by atoms with E-state index in [0.29, 0.717) is 5.69 Å². The maximum Gasteiger partial charge on any atom is 0.248 e. The van der Waals surface area contributed by atoms with Gasteiger partial charge in [0.05, 0.1) is 11.9 Å². The van der Waals surface area contributed by atoms with Gasteiger partial charge in [0.2, 0.25) is 5.91 Å². The Labute approximate surface area is 99.0 Å². The summed E-state index contributed by atoms with van der Waals surface area (Å²) in [7, 11) is 0. The summed E-state index contributed by atoms with van der Waals surface area (Å²) in [5.41, 5.74) is 1.56. The van der Waals surface area contributed by atoms with Crippen molar-refractivity contribution in [1.82, 2.24) is 9.97 Å². The second-order valence-corrected chi connectivity index (χ2v) is 3.35. The van der Waals surface area contributed by atoms with Gasteiger partial charge in [-0.15, -0.1) is 0 Å². The van der Waals surface area contributed by atoms with Crippen molar-refractivity contribution >= 4 is 17.7 Å². The average Bonchev–Trinajstić information content (AvgIpc) is 2.39. The largest absolute Gasteiger partial charge is 0.321 e. The van der Waals surface area contributed by atoms with Crippen LogP contribution in [0.1, 0.15) is 5.56 Å². The van der Waals surface area contributed by atoms with E-state index in [4.69, 9.17) is 0 Å². The third kappa shape index (κ3) is 3.53. The molecule has 0 aromatic carbocycles. The van der Waals surface area contributed by atoms with E-state index < -0.39 is 0 Å². The van der Waals surface area contributed by atoms with Gasteiger partial charge in [0.1, 0.15) is 0 Å². The summed E-state index contributed by atoms with van der Waals surface area (Å²) in [6, 6.07) is 7.24. The highest BCUT2D eigenvalue weighted by Crippen LogP contribution is 2.03. The highest BCUT2D eigenvalue weighted by molar-refractivity contribution is 6.01. The predicted octanol–water partition coefficient (Wildman–Crippen LogP) is 2.13. The van der Waals surface area contributed by atoms with Crippen molar-refractivity contribution in [1.29, 1.82) is 0 Å². The molecule has 0 saturated heterocycles. The lowest BCUT2D eigenvalue weighted by Gasteiger charge is -1.99. The van der Waals surface area contributed by atoms with Gasteiger partial charge >= 0.3 is 0 Å². The number of pyridine rings is 2. The van der Waals surface area contributed by atoms with E-state index in [1.54, 1.807) is 43.0 Å². The first kappa shape index (κ1) is 11.0. The number of hydrogen-bond acceptors (Lipinski definition) is 3. The lowest BCUT2D eigenvalue weighted by Crippen LogP contribution is -2.07. The van der Waals surface area contributed by atoms with E-state index in [2.05, 4.69) is 15.3 Å². The Morgan fingerprint density at radius 2 is 1.88 bits per heavy atom. The Morgan fingerprint density at radius 3 is 2.53 bits per heavy atom. The van der Waals surface area contributed by atoms with Gasteiger partial charge in [0.25, 0.3) is 0 Å². The molecule has 0 bridgehead atoms. The number of carbonyl (C=O) groups is 1. The molecule has 0 atom stereocenters. The second-order valence-electron chi connectivity index (χ2n) is 3.35. The van der Waals surface area contributed by atoms with Gasteiger partial charge in [-0.2, -0.15) is 0 Å². The fourth-order valence-electron chi connectivity index (χ4n) is 1.27. The van der Waals surface area contributed by atoms with Crippen LogP contribution < -0.4 is 5.32 Å². The highest BCUT2D eigenvalue weighted by Gasteiger charge is 1.96. The Balaban J connectivity index is 1.96. The molecule has 1 amide bonds. The Bertz CT molecular complexity index is 509. The number of amides is 1. The zero-order chi connectivity index (χ0) is 11.9. The third-order valence-electron chi connectivity index (χ3n) is 2.04. The van der Waals surface area contributed by atoms with Gasteiger partial charge < -0.3 is 5.32 Å². The summed E-state index contributed by atoms with van der Waals surface area (Å²) in [5.74, 6) is -0.193. The Hall–Kier alpha value is -2.49. The molecule has 2 aromatic rings. The molecule has 0 unspecified atom stereocenters. The topological polar surface area (TPSA) is 54.9 Å². The summed E-state index contributed by atoms with van der Waals surface area (Å²) in [6.45, 7) is 0. The summed E-state index contributed by atoms with van der Waals surface area (Å²) in [6.07, 6.45) is 9.79. The smallest absolute Gasteiger partial charge is 0.248 e. The van der Waals surface area contributed by atoms with Gasteiger partial charge in [-0.3, -0.25) is 14.8 Å². The van der Waals surface area contributed by atoms with Crippen molar-refractivity contribution in [2.45, 2.75) is 0 Å². The number of nitrogens with one attached hydrogen (secondary N) is 1. The Morgan fingerprint density at radius 1 is 1.12 bits per heavy atom. The van der Waals surface area contributed by atoms with Crippen molar-refractivity contribution in [2.24, 2.45) is 0 Å². The van der Waals surface area contributed by atoms with Crippen LogP contribution in [-0.4, -0.2) is 15.9 Å². The number of hydrogen-bond donors (Lipinski definition) is 1. The monoisotopic (exact) mass is 225 g/mol. The molecule has 2 rings (SSSR count). The summed E-state index contributed by atoms with van der Waals surface area (Å²) < 4.78 is 0. The molecule has 84 valence electrons. The van der Waals surface area contributed by atoms with Crippen LogP contribution in [0.3, 0.4) is 0 Å². The van der Waals surface area contributed by atoms with Gasteiger partial charge in [0.15, 0.2) is 0 Å². The molecule has 0 saturated carbocycles. The summed E-state index contributed by atoms with van der Waals surface area (Å²) in [5, 5.41) is 2.70. The minimum absolute atomic E-state index is 0.193. The van der Waals surface area contributed by atoms with Crippen LogP contribution in [0.15, 0.2) is 55.1 Å². The lowest BCUT2D eigenvalue weighted by atomic mass is 10.2. The first-order chi connectivity index (χ1) is 8.34. The maximum atomic E-state index is 11.5. The molecule has 17 heavy (non-hydrogen) atoms. The van der Waals surface area contributed by atoms with E-state index in [1.165, 1.54) is 6.08 Å². The molecule has 1 N–H and O–H groups in total. The van der Waals surface area contributed by atoms with Gasteiger partial charge in [-0.25, -0.2) is 0 Å². The van der Waals surface area contributed by atoms with Crippen molar-refractivity contribution in [3.8, 4) is 0 Å². The first-order valence-electron chi connectivity index (χ1n) is 5.14. The molecule has 2 aromatic heterocycles. The fraction of sp³-hybridized carbons (Fsp3) is 0. The molecular formula is C13H11N3O. The average molecular weight is 225 g/mol. The van der Waals surface area contributed by atoms with Crippen LogP contribution in [0.4, 0.5) is 5.69 Å². The van der Waals surface area contributed by atoms with Crippen LogP contribution in [-0.2, 0) is 4.79 Å². The van der Waals surface area contributed by atoms with Gasteiger partial charge in [-0.05, 0) is 29.8 Å². The minimum atomic E-state index is -0.193. The predicted molar refractivity (Wildman–Crippen MR) is 66.1 cm³/mol. The fourth-order valence-corrected chi connectivity index (χ4v) is 1.27. The molecule has 0 aliphatic carbocycles. The molecular weight excluding hydrogens is 214 g/mol. The standard InChI is InChI=1S/C13H11N3O/c17-13(16-12-4-2-8-15-10-12)6-5-11-3-1-7-14-9-11/h1-10H,(H,16,17). The number of aromatic nitrogens is 2. The van der Waals surface area contributed by atoms with Crippen LogP contribution in [0.25, 0.3) is 6.08 Å². The first-order valence-corrected chi connectivity index (χ1v) is 5.14. The molecule has 0 aliphatic heterocycles. The maximum absolute atomic E-state index is 11.5. The number of rotatable bonds is 3. The van der Waals surface area contributed by atoms with E-state index in [9.17, 15) is 4.79 Å². The van der Waals surface area contributed by atoms with Crippen LogP contribution in [0, 0.1) is 0 Å². The summed E-state index contributed by atoms with van der Waals surface area (Å²) >= 11 is 0. The SMILES string of the molecule is O=C(C=Cc1cccnc1)Nc1cccnc1. The number of nitrogens with zero attached hydrogens (tertiary/aromatic N) is 2. The van der Waals surface area contributed by atoms with Crippen molar-refractivity contribution in [3.63, 3.8) is 0 Å². The number of carbonyl (C=O) groups excluding carboxylic acids is 1. The van der Waals surface area contributed by atoms with Crippen molar-refractivity contribution in [3.05, 3.63) is 60.7 Å². The van der Waals surface area contributed by atoms with E-state index >= 15 is 0 Å². The Kier molecular flexibility index (Phi) is 3.60. The van der Waals surface area contributed by atoms with Gasteiger partial charge in [0, 0.05) is 24.7 Å². The second kappa shape index (κ2) is 5.55. The molecule has 0 aliphatic rings. The van der Waals surface area contributed by atoms with Crippen LogP contribution >= 0.6 is 0 Å². The molecule has 0 spiro atoms. The van der Waals surface area contributed by atoms with E-state index in [-0.39, 0.29) is 5.91 Å². The molecule has 2 heterocycles. The molecule has 0 fully saturated rings. The van der Waals surface area contributed by atoms with Crippen LogP contribution in [0.2, 0.25) is 0 Å². The van der Waals surface area contributed by atoms with Crippen molar-refractivity contribution in [2.75, 3.05) is 5.32 Å². The lowest BCUT2D eigenvalue weighted by molar-refractivity contribution is -0.111. The number of anilines is 1. The molecule has 0 radical (unpaired) electrons. The molecule has 4 heteroatoms. The van der Waals surface area contributed by atoms with E-state index in [1.807, 2.05) is 12.1 Å². The van der Waals surface area contributed by atoms with Gasteiger partial charge in [-0.1, -0.05) is 6.07 Å². The molecule has 4 nitrogen and oxygen atoms in total. The van der Waals surface area contributed by atoms with E-state index in [0.717, 1.165) is 5.56 Å². The zero-order valence-corrected chi connectivity index (χ0v) is 9.08.